The zero-order valence-corrected chi connectivity index (χ0v) is 21.2. The van der Waals surface area contributed by atoms with Crippen molar-refractivity contribution in [2.75, 3.05) is 59.4 Å². The summed E-state index contributed by atoms with van der Waals surface area (Å²) in [4.78, 5) is 2.39. The fourth-order valence-electron chi connectivity index (χ4n) is 4.17. The minimum atomic E-state index is -4.68. The van der Waals surface area contributed by atoms with Crippen molar-refractivity contribution in [2.24, 2.45) is 5.92 Å². The maximum absolute atomic E-state index is 12.6. The first-order valence-electron chi connectivity index (χ1n) is 12.5. The summed E-state index contributed by atoms with van der Waals surface area (Å²) in [6, 6.07) is 6.68. The average Bonchev–Trinajstić information content (AvgIpc) is 2.75. The van der Waals surface area contributed by atoms with E-state index in [4.69, 9.17) is 0 Å². The highest BCUT2D eigenvalue weighted by Gasteiger charge is 2.32. The molecule has 6 nitrogen and oxygen atoms in total. The Labute approximate surface area is 203 Å². The van der Waals surface area contributed by atoms with Crippen LogP contribution in [0.3, 0.4) is 0 Å². The summed E-state index contributed by atoms with van der Waals surface area (Å²) in [5.74, 6) is 0.140. The molecule has 0 radical (unpaired) electrons. The molecule has 0 bridgehead atoms. The summed E-state index contributed by atoms with van der Waals surface area (Å²) in [6.07, 6.45) is -1.95. The molecule has 196 valence electrons. The van der Waals surface area contributed by atoms with Crippen LogP contribution in [0.25, 0.3) is 0 Å². The Bertz CT molecular complexity index is 701. The molecule has 1 fully saturated rings. The molecule has 2 atom stereocenters. The molecule has 2 unspecified atom stereocenters. The molecule has 0 spiro atoms. The largest absolute Gasteiger partial charge is 0.573 e. The van der Waals surface area contributed by atoms with Gasteiger partial charge in [-0.2, -0.15) is 0 Å². The molecule has 0 aliphatic carbocycles. The first kappa shape index (κ1) is 28.8. The highest BCUT2D eigenvalue weighted by molar-refractivity contribution is 5.29. The van der Waals surface area contributed by atoms with Crippen molar-refractivity contribution >= 4 is 0 Å². The van der Waals surface area contributed by atoms with Crippen LogP contribution in [0.2, 0.25) is 0 Å². The van der Waals surface area contributed by atoms with Crippen LogP contribution in [0.15, 0.2) is 24.3 Å². The number of benzene rings is 1. The van der Waals surface area contributed by atoms with Gasteiger partial charge < -0.3 is 26.0 Å². The standard InChI is InChI=1S/C25H44F3N5O/c1-20-24(2,3)33(4)16-9-22(17-21-7-5-8-23(18-21)34-25(26,27)28)19-31-13-12-29-10-6-11-30-14-15-32-20/h5,7-8,18,20,22,29-32H,6,9-17,19H2,1-4H3. The molecule has 0 aromatic heterocycles. The molecule has 9 heteroatoms. The number of likely N-dealkylation sites (N-methyl/N-ethyl adjacent to an activating group) is 1. The summed E-state index contributed by atoms with van der Waals surface area (Å²) in [7, 11) is 2.15. The fraction of sp³-hybridized carbons (Fsp3) is 0.760. The Morgan fingerprint density at radius 2 is 1.71 bits per heavy atom. The molecule has 1 saturated heterocycles. The van der Waals surface area contributed by atoms with E-state index in [2.05, 4.69) is 58.7 Å². The lowest BCUT2D eigenvalue weighted by Gasteiger charge is -2.41. The SMILES string of the molecule is CC1NCCNCCCNCCNCC(Cc2cccc(OC(F)(F)F)c2)CCN(C)C1(C)C. The molecule has 4 N–H and O–H groups in total. The molecule has 1 aromatic carbocycles. The molecule has 1 aliphatic rings. The Morgan fingerprint density at radius 3 is 2.41 bits per heavy atom. The van der Waals surface area contributed by atoms with E-state index in [0.29, 0.717) is 18.4 Å². The zero-order valence-electron chi connectivity index (χ0n) is 21.2. The van der Waals surface area contributed by atoms with Gasteiger partial charge in [-0.15, -0.1) is 13.2 Å². The van der Waals surface area contributed by atoms with Crippen LogP contribution in [0.1, 0.15) is 39.2 Å². The van der Waals surface area contributed by atoms with Gasteiger partial charge in [0.05, 0.1) is 0 Å². The van der Waals surface area contributed by atoms with Crippen LogP contribution in [-0.2, 0) is 6.42 Å². The summed E-state index contributed by atoms with van der Waals surface area (Å²) >= 11 is 0. The maximum Gasteiger partial charge on any atom is 0.573 e. The lowest BCUT2D eigenvalue weighted by Crippen LogP contribution is -2.56. The zero-order chi connectivity index (χ0) is 25.0. The lowest BCUT2D eigenvalue weighted by molar-refractivity contribution is -0.274. The molecular weight excluding hydrogens is 443 g/mol. The van der Waals surface area contributed by atoms with Gasteiger partial charge in [-0.3, -0.25) is 4.90 Å². The number of ether oxygens (including phenoxy) is 1. The number of nitrogens with zero attached hydrogens (tertiary/aromatic N) is 1. The van der Waals surface area contributed by atoms with Gasteiger partial charge in [0.15, 0.2) is 0 Å². The predicted octanol–water partition coefficient (Wildman–Crippen LogP) is 3.00. The molecule has 1 aromatic rings. The molecule has 34 heavy (non-hydrogen) atoms. The van der Waals surface area contributed by atoms with Crippen LogP contribution in [0.5, 0.6) is 5.75 Å². The topological polar surface area (TPSA) is 60.6 Å². The van der Waals surface area contributed by atoms with Gasteiger partial charge in [0.1, 0.15) is 5.75 Å². The predicted molar refractivity (Wildman–Crippen MR) is 132 cm³/mol. The molecule has 1 heterocycles. The summed E-state index contributed by atoms with van der Waals surface area (Å²) in [6.45, 7) is 14.1. The van der Waals surface area contributed by atoms with Crippen LogP contribution in [-0.4, -0.2) is 82.2 Å². The number of alkyl halides is 3. The molecule has 1 aliphatic heterocycles. The normalized spacial score (nSPS) is 25.3. The van der Waals surface area contributed by atoms with Crippen LogP contribution in [0.4, 0.5) is 13.2 Å². The van der Waals surface area contributed by atoms with E-state index >= 15 is 0 Å². The summed E-state index contributed by atoms with van der Waals surface area (Å²) in [5, 5.41) is 14.1. The number of hydrogen-bond acceptors (Lipinski definition) is 6. The van der Waals surface area contributed by atoms with E-state index in [1.54, 1.807) is 6.07 Å². The summed E-state index contributed by atoms with van der Waals surface area (Å²) in [5.41, 5.74) is 0.826. The van der Waals surface area contributed by atoms with Gasteiger partial charge in [0, 0.05) is 37.8 Å². The van der Waals surface area contributed by atoms with Gasteiger partial charge in [0.2, 0.25) is 0 Å². The fourth-order valence-corrected chi connectivity index (χ4v) is 4.17. The number of rotatable bonds is 3. The molecular formula is C25H44F3N5O. The van der Waals surface area contributed by atoms with E-state index in [1.165, 1.54) is 12.1 Å². The van der Waals surface area contributed by atoms with Crippen molar-refractivity contribution in [3.8, 4) is 5.75 Å². The van der Waals surface area contributed by atoms with Crippen LogP contribution in [0, 0.1) is 5.92 Å². The Balaban J connectivity index is 2.05. The van der Waals surface area contributed by atoms with Gasteiger partial charge in [0.25, 0.3) is 0 Å². The average molecular weight is 488 g/mol. The second kappa shape index (κ2) is 14.2. The number of nitrogens with one attached hydrogen (secondary N) is 4. The second-order valence-corrected chi connectivity index (χ2v) is 9.86. The Morgan fingerprint density at radius 1 is 1.03 bits per heavy atom. The van der Waals surface area contributed by atoms with Crippen molar-refractivity contribution in [3.05, 3.63) is 29.8 Å². The van der Waals surface area contributed by atoms with E-state index < -0.39 is 6.36 Å². The van der Waals surface area contributed by atoms with E-state index in [9.17, 15) is 13.2 Å². The first-order chi connectivity index (χ1) is 16.1. The van der Waals surface area contributed by atoms with Crippen LogP contribution < -0.4 is 26.0 Å². The van der Waals surface area contributed by atoms with Gasteiger partial charge in [-0.05, 0) is 96.9 Å². The van der Waals surface area contributed by atoms with Crippen molar-refractivity contribution in [1.29, 1.82) is 0 Å². The van der Waals surface area contributed by atoms with Gasteiger partial charge in [-0.1, -0.05) is 12.1 Å². The first-order valence-corrected chi connectivity index (χ1v) is 12.5. The molecule has 0 saturated carbocycles. The van der Waals surface area contributed by atoms with Gasteiger partial charge >= 0.3 is 6.36 Å². The quantitative estimate of drug-likeness (QED) is 0.526. The second-order valence-electron chi connectivity index (χ2n) is 9.86. The minimum Gasteiger partial charge on any atom is -0.406 e. The van der Waals surface area contributed by atoms with Crippen molar-refractivity contribution in [3.63, 3.8) is 0 Å². The van der Waals surface area contributed by atoms with E-state index in [1.807, 2.05) is 6.07 Å². The molecule has 0 amide bonds. The van der Waals surface area contributed by atoms with E-state index in [0.717, 1.165) is 70.8 Å². The Hall–Kier alpha value is -1.39. The molecule has 2 rings (SSSR count). The highest BCUT2D eigenvalue weighted by atomic mass is 19.4. The minimum absolute atomic E-state index is 0.0339. The highest BCUT2D eigenvalue weighted by Crippen LogP contribution is 2.25. The van der Waals surface area contributed by atoms with Crippen molar-refractivity contribution < 1.29 is 17.9 Å². The van der Waals surface area contributed by atoms with Gasteiger partial charge in [-0.25, -0.2) is 0 Å². The smallest absolute Gasteiger partial charge is 0.406 e. The third-order valence-electron chi connectivity index (χ3n) is 6.94. The third-order valence-corrected chi connectivity index (χ3v) is 6.94. The Kier molecular flexibility index (Phi) is 12.1. The van der Waals surface area contributed by atoms with Crippen molar-refractivity contribution in [1.82, 2.24) is 26.2 Å². The number of hydrogen-bond donors (Lipinski definition) is 4. The third kappa shape index (κ3) is 10.9. The monoisotopic (exact) mass is 487 g/mol. The van der Waals surface area contributed by atoms with Crippen LogP contribution >= 0.6 is 0 Å². The maximum atomic E-state index is 12.6. The number of halogens is 3. The van der Waals surface area contributed by atoms with Crippen molar-refractivity contribution in [2.45, 2.75) is 58.0 Å². The lowest BCUT2D eigenvalue weighted by atomic mass is 9.91. The summed E-state index contributed by atoms with van der Waals surface area (Å²) < 4.78 is 42.1. The van der Waals surface area contributed by atoms with E-state index in [-0.39, 0.29) is 11.3 Å².